The normalized spacial score (nSPS) is 22.8. The maximum Gasteiger partial charge on any atom is 0.407 e. The molecule has 1 aliphatic rings. The minimum atomic E-state index is -0.554. The lowest BCUT2D eigenvalue weighted by molar-refractivity contribution is -0.122. The summed E-state index contributed by atoms with van der Waals surface area (Å²) in [6.45, 7) is 0.693. The summed E-state index contributed by atoms with van der Waals surface area (Å²) in [4.78, 5) is 22.1. The van der Waals surface area contributed by atoms with Gasteiger partial charge in [-0.05, 0) is 19.3 Å². The van der Waals surface area contributed by atoms with E-state index in [9.17, 15) is 9.59 Å². The number of hydrogen-bond acceptors (Lipinski definition) is 3. The van der Waals surface area contributed by atoms with E-state index in [4.69, 9.17) is 0 Å². The third kappa shape index (κ3) is 2.93. The maximum atomic E-state index is 11.3. The van der Waals surface area contributed by atoms with Crippen molar-refractivity contribution in [3.63, 3.8) is 0 Å². The fraction of sp³-hybridized carbons (Fsp3) is 0.750. The molecule has 0 bridgehead atoms. The Hall–Kier alpha value is -1.26. The lowest BCUT2D eigenvalue weighted by atomic mass is 10.1. The third-order valence-corrected chi connectivity index (χ3v) is 2.01. The molecule has 1 unspecified atom stereocenters. The van der Waals surface area contributed by atoms with Crippen LogP contribution in [0.3, 0.4) is 0 Å². The van der Waals surface area contributed by atoms with Crippen molar-refractivity contribution in [2.45, 2.75) is 25.3 Å². The zero-order valence-corrected chi connectivity index (χ0v) is 7.63. The van der Waals surface area contributed by atoms with E-state index in [2.05, 4.69) is 15.4 Å². The molecule has 1 rings (SSSR count). The fourth-order valence-corrected chi connectivity index (χ4v) is 1.28. The molecule has 2 N–H and O–H groups in total. The summed E-state index contributed by atoms with van der Waals surface area (Å²) in [5.41, 5.74) is 0. The topological polar surface area (TPSA) is 67.4 Å². The first-order chi connectivity index (χ1) is 6.24. The Balaban J connectivity index is 2.45. The molecule has 1 heterocycles. The van der Waals surface area contributed by atoms with Gasteiger partial charge < -0.3 is 15.4 Å². The van der Waals surface area contributed by atoms with Gasteiger partial charge >= 0.3 is 6.09 Å². The van der Waals surface area contributed by atoms with Crippen molar-refractivity contribution in [3.05, 3.63) is 0 Å². The average molecular weight is 186 g/mol. The van der Waals surface area contributed by atoms with Gasteiger partial charge in [-0.2, -0.15) is 0 Å². The van der Waals surface area contributed by atoms with Gasteiger partial charge in [-0.3, -0.25) is 4.79 Å². The van der Waals surface area contributed by atoms with Crippen molar-refractivity contribution in [2.75, 3.05) is 13.7 Å². The van der Waals surface area contributed by atoms with Gasteiger partial charge in [0.05, 0.1) is 7.11 Å². The molecule has 0 aliphatic carbocycles. The van der Waals surface area contributed by atoms with Gasteiger partial charge in [0.2, 0.25) is 5.91 Å². The number of carbonyl (C=O) groups excluding carboxylic acids is 2. The van der Waals surface area contributed by atoms with E-state index in [0.717, 1.165) is 12.8 Å². The van der Waals surface area contributed by atoms with Gasteiger partial charge in [0, 0.05) is 6.54 Å². The van der Waals surface area contributed by atoms with Gasteiger partial charge in [-0.25, -0.2) is 4.79 Å². The van der Waals surface area contributed by atoms with Crippen LogP contribution < -0.4 is 10.6 Å². The predicted molar refractivity (Wildman–Crippen MR) is 46.2 cm³/mol. The third-order valence-electron chi connectivity index (χ3n) is 2.01. The number of methoxy groups -OCH3 is 1. The number of carbonyl (C=O) groups is 2. The Labute approximate surface area is 76.8 Å². The lowest BCUT2D eigenvalue weighted by Gasteiger charge is -2.13. The quantitative estimate of drug-likeness (QED) is 0.606. The standard InChI is InChI=1S/C8H14N2O3/c1-13-8(12)10-6-4-2-3-5-9-7(6)11/h6H,2-5H2,1H3,(H,9,11)(H,10,12). The fourth-order valence-electron chi connectivity index (χ4n) is 1.28. The largest absolute Gasteiger partial charge is 0.453 e. The van der Waals surface area contributed by atoms with Gasteiger partial charge in [-0.15, -0.1) is 0 Å². The minimum Gasteiger partial charge on any atom is -0.453 e. The van der Waals surface area contributed by atoms with Crippen LogP contribution in [0.5, 0.6) is 0 Å². The number of nitrogens with one attached hydrogen (secondary N) is 2. The van der Waals surface area contributed by atoms with Crippen LogP contribution in [0.15, 0.2) is 0 Å². The van der Waals surface area contributed by atoms with E-state index in [0.29, 0.717) is 13.0 Å². The highest BCUT2D eigenvalue weighted by atomic mass is 16.5. The van der Waals surface area contributed by atoms with Gasteiger partial charge in [0.25, 0.3) is 0 Å². The van der Waals surface area contributed by atoms with E-state index in [1.807, 2.05) is 0 Å². The summed E-state index contributed by atoms with van der Waals surface area (Å²) in [6.07, 6.45) is 2.03. The molecular weight excluding hydrogens is 172 g/mol. The second-order valence-corrected chi connectivity index (χ2v) is 2.98. The molecular formula is C8H14N2O3. The SMILES string of the molecule is COC(=O)NC1CCCCNC1=O. The predicted octanol–water partition coefficient (Wildman–Crippen LogP) is 0.0111. The number of alkyl carbamates (subject to hydrolysis) is 1. The molecule has 5 nitrogen and oxygen atoms in total. The molecule has 0 saturated carbocycles. The van der Waals surface area contributed by atoms with Crippen LogP contribution in [0.2, 0.25) is 0 Å². The van der Waals surface area contributed by atoms with E-state index in [1.54, 1.807) is 0 Å². The van der Waals surface area contributed by atoms with Crippen molar-refractivity contribution in [2.24, 2.45) is 0 Å². The highest BCUT2D eigenvalue weighted by molar-refractivity contribution is 5.85. The number of amides is 2. The minimum absolute atomic E-state index is 0.122. The molecule has 1 fully saturated rings. The summed E-state index contributed by atoms with van der Waals surface area (Å²) in [7, 11) is 1.28. The Bertz CT molecular complexity index is 206. The summed E-state index contributed by atoms with van der Waals surface area (Å²) < 4.78 is 4.41. The first kappa shape index (κ1) is 9.83. The smallest absolute Gasteiger partial charge is 0.407 e. The maximum absolute atomic E-state index is 11.3. The highest BCUT2D eigenvalue weighted by Gasteiger charge is 2.22. The molecule has 0 aromatic carbocycles. The summed E-state index contributed by atoms with van der Waals surface area (Å²) in [5, 5.41) is 5.20. The molecule has 0 aromatic heterocycles. The first-order valence-electron chi connectivity index (χ1n) is 4.36. The van der Waals surface area contributed by atoms with Crippen LogP contribution in [-0.2, 0) is 9.53 Å². The average Bonchev–Trinajstić information content (AvgIpc) is 2.32. The van der Waals surface area contributed by atoms with E-state index >= 15 is 0 Å². The van der Waals surface area contributed by atoms with Crippen LogP contribution in [-0.4, -0.2) is 31.7 Å². The first-order valence-corrected chi connectivity index (χ1v) is 4.36. The zero-order valence-electron chi connectivity index (χ0n) is 7.63. The summed E-state index contributed by atoms with van der Waals surface area (Å²) in [6, 6.07) is -0.435. The Kier molecular flexibility index (Phi) is 3.54. The van der Waals surface area contributed by atoms with Gasteiger partial charge in [0.15, 0.2) is 0 Å². The van der Waals surface area contributed by atoms with Crippen molar-refractivity contribution in [1.29, 1.82) is 0 Å². The van der Waals surface area contributed by atoms with Crippen molar-refractivity contribution in [1.82, 2.24) is 10.6 Å². The summed E-state index contributed by atoms with van der Waals surface area (Å²) >= 11 is 0. The molecule has 74 valence electrons. The second kappa shape index (κ2) is 4.69. The van der Waals surface area contributed by atoms with Crippen LogP contribution in [0, 0.1) is 0 Å². The van der Waals surface area contributed by atoms with Crippen molar-refractivity contribution in [3.8, 4) is 0 Å². The van der Waals surface area contributed by atoms with E-state index in [1.165, 1.54) is 7.11 Å². The van der Waals surface area contributed by atoms with Crippen LogP contribution in [0.25, 0.3) is 0 Å². The van der Waals surface area contributed by atoms with Crippen molar-refractivity contribution < 1.29 is 14.3 Å². The van der Waals surface area contributed by atoms with Crippen molar-refractivity contribution >= 4 is 12.0 Å². The van der Waals surface area contributed by atoms with Crippen LogP contribution in [0.4, 0.5) is 4.79 Å². The Morgan fingerprint density at radius 2 is 2.38 bits per heavy atom. The molecule has 5 heteroatoms. The molecule has 1 saturated heterocycles. The Morgan fingerprint density at radius 3 is 3.08 bits per heavy atom. The molecule has 0 aromatic rings. The monoisotopic (exact) mass is 186 g/mol. The molecule has 1 atom stereocenters. The van der Waals surface area contributed by atoms with Gasteiger partial charge in [0.1, 0.15) is 6.04 Å². The van der Waals surface area contributed by atoms with Crippen LogP contribution >= 0.6 is 0 Å². The van der Waals surface area contributed by atoms with E-state index in [-0.39, 0.29) is 5.91 Å². The molecule has 1 aliphatic heterocycles. The number of ether oxygens (including phenoxy) is 1. The second-order valence-electron chi connectivity index (χ2n) is 2.98. The van der Waals surface area contributed by atoms with Gasteiger partial charge in [-0.1, -0.05) is 0 Å². The zero-order chi connectivity index (χ0) is 9.68. The summed E-state index contributed by atoms with van der Waals surface area (Å²) in [5.74, 6) is -0.122. The number of hydrogen-bond donors (Lipinski definition) is 2. The number of rotatable bonds is 1. The highest BCUT2D eigenvalue weighted by Crippen LogP contribution is 2.05. The lowest BCUT2D eigenvalue weighted by Crippen LogP contribution is -2.45. The molecule has 2 amide bonds. The molecule has 13 heavy (non-hydrogen) atoms. The molecule has 0 spiro atoms. The Morgan fingerprint density at radius 1 is 1.62 bits per heavy atom. The van der Waals surface area contributed by atoms with Crippen LogP contribution in [0.1, 0.15) is 19.3 Å². The molecule has 0 radical (unpaired) electrons. The van der Waals surface area contributed by atoms with E-state index < -0.39 is 12.1 Å².